The van der Waals surface area contributed by atoms with Gasteiger partial charge in [-0.15, -0.1) is 0 Å². The highest BCUT2D eigenvalue weighted by Crippen LogP contribution is 2.26. The third-order valence-electron chi connectivity index (χ3n) is 8.75. The number of hydrogen-bond acceptors (Lipinski definition) is 7. The topological polar surface area (TPSA) is 102 Å². The Labute approximate surface area is 241 Å². The lowest BCUT2D eigenvalue weighted by Crippen LogP contribution is -2.56. The number of piperidine rings is 2. The van der Waals surface area contributed by atoms with Crippen LogP contribution in [0.25, 0.3) is 0 Å². The predicted molar refractivity (Wildman–Crippen MR) is 157 cm³/mol. The molecule has 0 aliphatic carbocycles. The van der Waals surface area contributed by atoms with E-state index in [9.17, 15) is 14.7 Å². The van der Waals surface area contributed by atoms with Crippen LogP contribution in [0.15, 0.2) is 60.9 Å². The Morgan fingerprint density at radius 1 is 0.878 bits per heavy atom. The molecular weight excluding hydrogens is 516 g/mol. The van der Waals surface area contributed by atoms with E-state index in [1.165, 1.54) is 17.5 Å². The third kappa shape index (κ3) is 6.11. The predicted octanol–water partition coefficient (Wildman–Crippen LogP) is 3.14. The van der Waals surface area contributed by atoms with E-state index in [-0.39, 0.29) is 23.9 Å². The summed E-state index contributed by atoms with van der Waals surface area (Å²) in [6, 6.07) is 18.1. The number of rotatable bonds is 5. The normalized spacial score (nSPS) is 21.8. The summed E-state index contributed by atoms with van der Waals surface area (Å²) in [5, 5.41) is 14.5. The third-order valence-corrected chi connectivity index (χ3v) is 8.75. The molecule has 9 heteroatoms. The fourth-order valence-electron chi connectivity index (χ4n) is 6.44. The second kappa shape index (κ2) is 12.0. The van der Waals surface area contributed by atoms with Crippen LogP contribution in [0.1, 0.15) is 56.8 Å². The van der Waals surface area contributed by atoms with Gasteiger partial charge in [0.25, 0.3) is 11.8 Å². The van der Waals surface area contributed by atoms with Crippen LogP contribution in [0.4, 0.5) is 5.82 Å². The van der Waals surface area contributed by atoms with E-state index < -0.39 is 6.10 Å². The first kappa shape index (κ1) is 27.4. The molecule has 3 aliphatic rings. The number of aliphatic hydroxyl groups excluding tert-OH is 1. The first-order valence-corrected chi connectivity index (χ1v) is 14.7. The summed E-state index contributed by atoms with van der Waals surface area (Å²) >= 11 is 0. The molecule has 4 heterocycles. The Bertz CT molecular complexity index is 1410. The van der Waals surface area contributed by atoms with Gasteiger partial charge in [-0.1, -0.05) is 42.0 Å². The number of likely N-dealkylation sites (tertiary alicyclic amines) is 2. The van der Waals surface area contributed by atoms with Crippen molar-refractivity contribution in [1.29, 1.82) is 0 Å². The van der Waals surface area contributed by atoms with E-state index in [2.05, 4.69) is 44.5 Å². The summed E-state index contributed by atoms with van der Waals surface area (Å²) in [6.45, 7) is 5.96. The molecule has 3 aromatic rings. The number of amides is 2. The standard InChI is InChI=1S/C32H38N6O3/c1-22-5-4-8-24(17-22)31(40)36-14-10-26(11-15-36)35-30-18-27(33-21-34-30)32(41)38-16-12-28(29(39)20-38)37-13-9-23-6-2-3-7-25(23)19-37/h2-8,17-18,21,26,28-29,39H,9-16,19-20H2,1H3,(H,33,34,35)/t28-,29-/m1/s1. The number of carbonyl (C=O) groups excluding carboxylic acids is 2. The number of benzene rings is 2. The van der Waals surface area contributed by atoms with Crippen LogP contribution in [0.2, 0.25) is 0 Å². The fraction of sp³-hybridized carbons (Fsp3) is 0.438. The Morgan fingerprint density at radius 3 is 2.44 bits per heavy atom. The summed E-state index contributed by atoms with van der Waals surface area (Å²) < 4.78 is 0. The lowest BCUT2D eigenvalue weighted by atomic mass is 9.94. The molecule has 2 atom stereocenters. The Kier molecular flexibility index (Phi) is 7.98. The van der Waals surface area contributed by atoms with Crippen LogP contribution in [0, 0.1) is 6.92 Å². The first-order valence-electron chi connectivity index (χ1n) is 14.7. The zero-order valence-corrected chi connectivity index (χ0v) is 23.6. The van der Waals surface area contributed by atoms with Crippen LogP contribution in [-0.2, 0) is 13.0 Å². The number of anilines is 1. The van der Waals surface area contributed by atoms with Gasteiger partial charge < -0.3 is 20.2 Å². The van der Waals surface area contributed by atoms with Crippen molar-refractivity contribution in [2.75, 3.05) is 38.0 Å². The molecule has 0 unspecified atom stereocenters. The van der Waals surface area contributed by atoms with Gasteiger partial charge in [0, 0.05) is 63.0 Å². The summed E-state index contributed by atoms with van der Waals surface area (Å²) in [5.74, 6) is 0.489. The van der Waals surface area contributed by atoms with Gasteiger partial charge in [-0.3, -0.25) is 14.5 Å². The molecule has 0 spiro atoms. The van der Waals surface area contributed by atoms with Crippen LogP contribution in [-0.4, -0.2) is 92.5 Å². The quantitative estimate of drug-likeness (QED) is 0.500. The number of aromatic nitrogens is 2. The van der Waals surface area contributed by atoms with Gasteiger partial charge in [0.05, 0.1) is 6.10 Å². The van der Waals surface area contributed by atoms with Gasteiger partial charge in [0.1, 0.15) is 17.8 Å². The zero-order chi connectivity index (χ0) is 28.3. The molecule has 2 aromatic carbocycles. The average molecular weight is 555 g/mol. The van der Waals surface area contributed by atoms with E-state index in [1.807, 2.05) is 36.1 Å². The summed E-state index contributed by atoms with van der Waals surface area (Å²) in [7, 11) is 0. The molecule has 214 valence electrons. The van der Waals surface area contributed by atoms with Gasteiger partial charge in [-0.2, -0.15) is 0 Å². The van der Waals surface area contributed by atoms with Crippen molar-refractivity contribution in [2.24, 2.45) is 0 Å². The number of carbonyl (C=O) groups is 2. The van der Waals surface area contributed by atoms with Crippen molar-refractivity contribution in [1.82, 2.24) is 24.7 Å². The first-order chi connectivity index (χ1) is 19.9. The SMILES string of the molecule is Cc1cccc(C(=O)N2CCC(Nc3cc(C(=O)N4CC[C@@H](N5CCc6ccccc6C5)[C@H](O)C4)ncn3)CC2)c1. The van der Waals surface area contributed by atoms with Crippen molar-refractivity contribution in [2.45, 2.75) is 57.3 Å². The highest BCUT2D eigenvalue weighted by molar-refractivity contribution is 5.94. The summed E-state index contributed by atoms with van der Waals surface area (Å²) in [5.41, 5.74) is 4.85. The smallest absolute Gasteiger partial charge is 0.272 e. The molecule has 0 saturated carbocycles. The Balaban J connectivity index is 1.02. The molecule has 1 aromatic heterocycles. The van der Waals surface area contributed by atoms with E-state index >= 15 is 0 Å². The number of nitrogens with one attached hydrogen (secondary N) is 1. The van der Waals surface area contributed by atoms with Gasteiger partial charge in [-0.25, -0.2) is 9.97 Å². The van der Waals surface area contributed by atoms with Crippen molar-refractivity contribution in [3.63, 3.8) is 0 Å². The maximum atomic E-state index is 13.4. The molecular formula is C32H38N6O3. The van der Waals surface area contributed by atoms with Gasteiger partial charge in [-0.05, 0) is 55.9 Å². The Hall–Kier alpha value is -3.82. The van der Waals surface area contributed by atoms with Crippen LogP contribution < -0.4 is 5.32 Å². The van der Waals surface area contributed by atoms with Gasteiger partial charge >= 0.3 is 0 Å². The monoisotopic (exact) mass is 554 g/mol. The van der Waals surface area contributed by atoms with Crippen LogP contribution >= 0.6 is 0 Å². The van der Waals surface area contributed by atoms with E-state index in [4.69, 9.17) is 0 Å². The number of aryl methyl sites for hydroxylation is 1. The van der Waals surface area contributed by atoms with Crippen molar-refractivity contribution in [3.05, 3.63) is 88.9 Å². The highest BCUT2D eigenvalue weighted by atomic mass is 16.3. The summed E-state index contributed by atoms with van der Waals surface area (Å²) in [6.07, 6.45) is 4.12. The van der Waals surface area contributed by atoms with Gasteiger partial charge in [0.15, 0.2) is 0 Å². The van der Waals surface area contributed by atoms with Crippen molar-refractivity contribution in [3.8, 4) is 0 Å². The van der Waals surface area contributed by atoms with E-state index in [0.717, 1.165) is 49.9 Å². The second-order valence-corrected chi connectivity index (χ2v) is 11.5. The lowest BCUT2D eigenvalue weighted by molar-refractivity contribution is -0.0139. The molecule has 2 fully saturated rings. The number of fused-ring (bicyclic) bond motifs is 1. The largest absolute Gasteiger partial charge is 0.390 e. The maximum Gasteiger partial charge on any atom is 0.272 e. The maximum absolute atomic E-state index is 13.4. The van der Waals surface area contributed by atoms with Crippen LogP contribution in [0.5, 0.6) is 0 Å². The highest BCUT2D eigenvalue weighted by Gasteiger charge is 2.36. The number of nitrogens with zero attached hydrogens (tertiary/aromatic N) is 5. The Morgan fingerprint density at radius 2 is 1.66 bits per heavy atom. The average Bonchev–Trinajstić information content (AvgIpc) is 3.00. The molecule has 2 N–H and O–H groups in total. The minimum atomic E-state index is -0.606. The van der Waals surface area contributed by atoms with Crippen LogP contribution in [0.3, 0.4) is 0 Å². The molecule has 41 heavy (non-hydrogen) atoms. The van der Waals surface area contributed by atoms with Gasteiger partial charge in [0.2, 0.25) is 0 Å². The molecule has 9 nitrogen and oxygen atoms in total. The molecule has 3 aliphatic heterocycles. The zero-order valence-electron chi connectivity index (χ0n) is 23.6. The lowest BCUT2D eigenvalue weighted by Gasteiger charge is -2.43. The molecule has 6 rings (SSSR count). The minimum absolute atomic E-state index is 0.0405. The van der Waals surface area contributed by atoms with Crippen molar-refractivity contribution < 1.29 is 14.7 Å². The van der Waals surface area contributed by atoms with E-state index in [0.29, 0.717) is 37.7 Å². The number of aliphatic hydroxyl groups is 1. The fourth-order valence-corrected chi connectivity index (χ4v) is 6.44. The molecule has 2 amide bonds. The number of hydrogen-bond donors (Lipinski definition) is 2. The molecule has 0 bridgehead atoms. The molecule has 2 saturated heterocycles. The second-order valence-electron chi connectivity index (χ2n) is 11.5. The minimum Gasteiger partial charge on any atom is -0.390 e. The number of β-amino-alcohol motifs (C(OH)–C–C–N with tert-alkyl or cyclic N) is 1. The molecule has 0 radical (unpaired) electrons. The van der Waals surface area contributed by atoms with E-state index in [1.54, 1.807) is 11.0 Å². The van der Waals surface area contributed by atoms with Crippen molar-refractivity contribution >= 4 is 17.6 Å². The summed E-state index contributed by atoms with van der Waals surface area (Å²) in [4.78, 5) is 40.8.